The number of ether oxygens (including phenoxy) is 1. The number of fused-ring (bicyclic) bond motifs is 1. The zero-order valence-corrected chi connectivity index (χ0v) is 17.9. The van der Waals surface area contributed by atoms with Gasteiger partial charge in [-0.2, -0.15) is 0 Å². The van der Waals surface area contributed by atoms with Crippen LogP contribution in [0.1, 0.15) is 10.5 Å². The van der Waals surface area contributed by atoms with Gasteiger partial charge in [-0.25, -0.2) is 13.1 Å². The molecule has 4 rings (SSSR count). The molecule has 0 atom stereocenters. The van der Waals surface area contributed by atoms with E-state index in [1.807, 2.05) is 4.72 Å². The van der Waals surface area contributed by atoms with E-state index in [0.717, 1.165) is 18.8 Å². The molecule has 1 fully saturated rings. The maximum atomic E-state index is 12.8. The molecule has 0 unspecified atom stereocenters. The number of aromatic amines is 1. The van der Waals surface area contributed by atoms with E-state index in [1.54, 1.807) is 6.07 Å². The van der Waals surface area contributed by atoms with Crippen LogP contribution in [0.15, 0.2) is 47.4 Å². The molecule has 0 bridgehead atoms. The first-order valence-corrected chi connectivity index (χ1v) is 11.3. The maximum Gasteiger partial charge on any atom is 0.293 e. The van der Waals surface area contributed by atoms with Crippen molar-refractivity contribution in [2.45, 2.75) is 4.90 Å². The van der Waals surface area contributed by atoms with Crippen LogP contribution in [0.4, 0.5) is 11.4 Å². The van der Waals surface area contributed by atoms with Crippen LogP contribution in [-0.4, -0.2) is 57.5 Å². The van der Waals surface area contributed by atoms with Crippen LogP contribution in [-0.2, 0) is 10.0 Å². The van der Waals surface area contributed by atoms with Gasteiger partial charge in [0.05, 0.1) is 16.9 Å². The van der Waals surface area contributed by atoms with Crippen molar-refractivity contribution in [3.63, 3.8) is 0 Å². The van der Waals surface area contributed by atoms with Gasteiger partial charge in [-0.15, -0.1) is 0 Å². The van der Waals surface area contributed by atoms with Gasteiger partial charge in [-0.3, -0.25) is 14.9 Å². The number of piperazine rings is 1. The van der Waals surface area contributed by atoms with Crippen LogP contribution < -0.4 is 19.7 Å². The summed E-state index contributed by atoms with van der Waals surface area (Å²) < 4.78 is 32.2. The molecule has 1 saturated heterocycles. The van der Waals surface area contributed by atoms with Gasteiger partial charge >= 0.3 is 0 Å². The first kappa shape index (κ1) is 21.6. The molecule has 0 saturated carbocycles. The summed E-state index contributed by atoms with van der Waals surface area (Å²) in [5.41, 5.74) is 0.608. The molecular weight excluding hydrogens is 438 g/mol. The molecule has 3 aromatic rings. The summed E-state index contributed by atoms with van der Waals surface area (Å²) in [5.74, 6) is -0.448. The molecule has 168 valence electrons. The number of carbonyl (C=O) groups excluding carboxylic acids is 1. The Balaban J connectivity index is 1.69. The third-order valence-electron chi connectivity index (χ3n) is 5.24. The Labute approximate surface area is 183 Å². The van der Waals surface area contributed by atoms with Crippen molar-refractivity contribution in [1.82, 2.24) is 15.0 Å². The molecule has 1 aromatic heterocycles. The normalized spacial score (nSPS) is 14.3. The third kappa shape index (κ3) is 4.09. The van der Waals surface area contributed by atoms with Gasteiger partial charge in [-0.05, 0) is 36.4 Å². The fraction of sp³-hybridized carbons (Fsp3) is 0.250. The molecule has 0 spiro atoms. The molecule has 1 aliphatic rings. The van der Waals surface area contributed by atoms with Gasteiger partial charge in [-0.1, -0.05) is 0 Å². The van der Waals surface area contributed by atoms with Gasteiger partial charge in [0.25, 0.3) is 21.6 Å². The number of sulfonamides is 1. The van der Waals surface area contributed by atoms with Crippen molar-refractivity contribution in [3.05, 3.63) is 58.3 Å². The highest BCUT2D eigenvalue weighted by molar-refractivity contribution is 7.90. The second-order valence-corrected chi connectivity index (χ2v) is 8.86. The predicted molar refractivity (Wildman–Crippen MR) is 118 cm³/mol. The van der Waals surface area contributed by atoms with Crippen molar-refractivity contribution < 1.29 is 22.9 Å². The zero-order valence-electron chi connectivity index (χ0n) is 17.1. The minimum Gasteiger partial charge on any atom is -0.497 e. The number of hydrogen-bond donors (Lipinski definition) is 3. The highest BCUT2D eigenvalue weighted by Gasteiger charge is 2.25. The number of non-ortho nitro benzene ring substituents is 1. The van der Waals surface area contributed by atoms with Gasteiger partial charge < -0.3 is 19.9 Å². The smallest absolute Gasteiger partial charge is 0.293 e. The molecule has 0 radical (unpaired) electrons. The Morgan fingerprint density at radius 1 is 1.16 bits per heavy atom. The van der Waals surface area contributed by atoms with Gasteiger partial charge in [0.15, 0.2) is 0 Å². The van der Waals surface area contributed by atoms with E-state index >= 15 is 0 Å². The molecule has 1 amide bonds. The molecule has 1 aliphatic heterocycles. The molecule has 2 heterocycles. The Kier molecular flexibility index (Phi) is 5.72. The lowest BCUT2D eigenvalue weighted by molar-refractivity contribution is -0.383. The van der Waals surface area contributed by atoms with E-state index in [1.165, 1.54) is 43.5 Å². The number of amides is 1. The topological polar surface area (TPSA) is 147 Å². The third-order valence-corrected chi connectivity index (χ3v) is 6.59. The van der Waals surface area contributed by atoms with E-state index in [0.29, 0.717) is 24.2 Å². The number of nitro groups is 1. The van der Waals surface area contributed by atoms with Crippen LogP contribution in [0.2, 0.25) is 0 Å². The van der Waals surface area contributed by atoms with E-state index in [2.05, 4.69) is 15.2 Å². The van der Waals surface area contributed by atoms with Gasteiger partial charge in [0.1, 0.15) is 17.0 Å². The highest BCUT2D eigenvalue weighted by atomic mass is 32.2. The maximum absolute atomic E-state index is 12.8. The number of nitro benzene ring substituents is 1. The van der Waals surface area contributed by atoms with Crippen molar-refractivity contribution in [2.24, 2.45) is 0 Å². The first-order valence-electron chi connectivity index (χ1n) is 9.77. The number of hydrogen-bond acceptors (Lipinski definition) is 8. The fourth-order valence-corrected chi connectivity index (χ4v) is 4.60. The molecular formula is C20H21N5O6S. The van der Waals surface area contributed by atoms with Crippen LogP contribution in [0.3, 0.4) is 0 Å². The Morgan fingerprint density at radius 3 is 2.47 bits per heavy atom. The van der Waals surface area contributed by atoms with Crippen LogP contribution in [0, 0.1) is 10.1 Å². The minimum absolute atomic E-state index is 0.0947. The van der Waals surface area contributed by atoms with E-state index in [9.17, 15) is 23.3 Å². The summed E-state index contributed by atoms with van der Waals surface area (Å²) in [4.78, 5) is 28.4. The number of benzene rings is 2. The second kappa shape index (κ2) is 8.48. The lowest BCUT2D eigenvalue weighted by atomic mass is 10.1. The quantitative estimate of drug-likeness (QED) is 0.372. The average Bonchev–Trinajstić information content (AvgIpc) is 3.24. The fourth-order valence-electron chi connectivity index (χ4n) is 3.64. The number of aromatic nitrogens is 1. The van der Waals surface area contributed by atoms with Crippen molar-refractivity contribution in [3.8, 4) is 5.75 Å². The van der Waals surface area contributed by atoms with Gasteiger partial charge in [0, 0.05) is 43.3 Å². The molecule has 0 aliphatic carbocycles. The number of carbonyl (C=O) groups is 1. The Hall–Kier alpha value is -3.64. The number of H-pyrrole nitrogens is 1. The summed E-state index contributed by atoms with van der Waals surface area (Å²) in [5, 5.41) is 15.2. The summed E-state index contributed by atoms with van der Waals surface area (Å²) in [7, 11) is -2.70. The number of methoxy groups -OCH3 is 1. The number of rotatable bonds is 6. The molecule has 32 heavy (non-hydrogen) atoms. The van der Waals surface area contributed by atoms with Gasteiger partial charge in [0.2, 0.25) is 0 Å². The monoisotopic (exact) mass is 459 g/mol. The number of nitrogens with zero attached hydrogens (tertiary/aromatic N) is 2. The summed E-state index contributed by atoms with van der Waals surface area (Å²) >= 11 is 0. The Morgan fingerprint density at radius 2 is 1.84 bits per heavy atom. The van der Waals surface area contributed by atoms with Crippen LogP contribution >= 0.6 is 0 Å². The molecule has 3 N–H and O–H groups in total. The second-order valence-electron chi connectivity index (χ2n) is 7.18. The van der Waals surface area contributed by atoms with E-state index in [-0.39, 0.29) is 21.8 Å². The summed E-state index contributed by atoms with van der Waals surface area (Å²) in [6.07, 6.45) is 0. The average molecular weight is 459 g/mol. The largest absolute Gasteiger partial charge is 0.497 e. The molecule has 11 nitrogen and oxygen atoms in total. The lowest BCUT2D eigenvalue weighted by Crippen LogP contribution is -2.43. The first-order chi connectivity index (χ1) is 15.3. The summed E-state index contributed by atoms with van der Waals surface area (Å²) in [6.45, 7) is 2.92. The highest BCUT2D eigenvalue weighted by Crippen LogP contribution is 2.34. The zero-order chi connectivity index (χ0) is 22.9. The predicted octanol–water partition coefficient (Wildman–Crippen LogP) is 1.61. The standard InChI is InChI=1S/C20H21N5O6S/c1-31-13-2-4-14(5-3-13)32(29,30)23-20(26)16-12-15-17(24-10-8-21-9-11-24)6-7-18(25(27)28)19(15)22-16/h2-7,12,21-22H,8-11H2,1H3,(H,23,26). The van der Waals surface area contributed by atoms with Crippen molar-refractivity contribution >= 4 is 38.2 Å². The minimum atomic E-state index is -4.15. The van der Waals surface area contributed by atoms with E-state index in [4.69, 9.17) is 4.74 Å². The molecule has 12 heteroatoms. The van der Waals surface area contributed by atoms with Crippen molar-refractivity contribution in [1.29, 1.82) is 0 Å². The number of anilines is 1. The SMILES string of the molecule is COc1ccc(S(=O)(=O)NC(=O)c2cc3c(N4CCNCC4)ccc([N+](=O)[O-])c3[nH]2)cc1. The lowest BCUT2D eigenvalue weighted by Gasteiger charge is -2.29. The van der Waals surface area contributed by atoms with Crippen LogP contribution in [0.25, 0.3) is 10.9 Å². The van der Waals surface area contributed by atoms with Crippen molar-refractivity contribution in [2.75, 3.05) is 38.2 Å². The van der Waals surface area contributed by atoms with Crippen LogP contribution in [0.5, 0.6) is 5.75 Å². The van der Waals surface area contributed by atoms with E-state index < -0.39 is 20.9 Å². The summed E-state index contributed by atoms with van der Waals surface area (Å²) in [6, 6.07) is 10.0. The Bertz CT molecular complexity index is 1280. The molecule has 2 aromatic carbocycles. The number of nitrogens with one attached hydrogen (secondary N) is 3.